The normalized spacial score (nSPS) is 12.0. The topological polar surface area (TPSA) is 60.5 Å². The number of carbonyl (C=O) groups excluding carboxylic acids is 1. The van der Waals surface area contributed by atoms with Crippen molar-refractivity contribution in [1.82, 2.24) is 20.5 Å². The van der Waals surface area contributed by atoms with Gasteiger partial charge in [0.2, 0.25) is 0 Å². The largest absolute Gasteiger partial charge is 0.362 e. The molecule has 2 aromatic heterocycles. The number of nitrogens with zero attached hydrogens (tertiary/aromatic N) is 3. The van der Waals surface area contributed by atoms with Gasteiger partial charge < -0.3 is 20.4 Å². The zero-order chi connectivity index (χ0) is 17.5. The molecule has 0 fully saturated rings. The molecule has 0 saturated carbocycles. The molecule has 0 bridgehead atoms. The standard InChI is InChI=1S/C17H25N5OS/c1-21(2)15(14-7-9-24-12-14)11-20-17(23)19-10-13-6-5-8-18-16(13)22(3)4/h5-9,12,15H,10-11H2,1-4H3,(H2,19,20,23)/t15-/m1/s1. The number of hydrogen-bond donors (Lipinski definition) is 2. The summed E-state index contributed by atoms with van der Waals surface area (Å²) in [7, 11) is 7.91. The molecule has 0 spiro atoms. The number of rotatable bonds is 7. The minimum Gasteiger partial charge on any atom is -0.362 e. The summed E-state index contributed by atoms with van der Waals surface area (Å²) < 4.78 is 0. The summed E-state index contributed by atoms with van der Waals surface area (Å²) in [6, 6.07) is 5.92. The van der Waals surface area contributed by atoms with E-state index in [2.05, 4.69) is 37.3 Å². The Morgan fingerprint density at radius 3 is 2.67 bits per heavy atom. The highest BCUT2D eigenvalue weighted by Gasteiger charge is 2.15. The van der Waals surface area contributed by atoms with Gasteiger partial charge in [0.05, 0.1) is 6.04 Å². The van der Waals surface area contributed by atoms with Crippen molar-refractivity contribution in [3.8, 4) is 0 Å². The van der Waals surface area contributed by atoms with Gasteiger partial charge in [-0.3, -0.25) is 0 Å². The maximum Gasteiger partial charge on any atom is 0.315 e. The first kappa shape index (κ1) is 18.2. The van der Waals surface area contributed by atoms with Crippen LogP contribution < -0.4 is 15.5 Å². The molecule has 0 saturated heterocycles. The summed E-state index contributed by atoms with van der Waals surface area (Å²) in [5.74, 6) is 0.863. The predicted octanol–water partition coefficient (Wildman–Crippen LogP) is 2.31. The van der Waals surface area contributed by atoms with E-state index in [9.17, 15) is 4.79 Å². The number of urea groups is 1. The van der Waals surface area contributed by atoms with Crippen molar-refractivity contribution in [1.29, 1.82) is 0 Å². The van der Waals surface area contributed by atoms with Gasteiger partial charge in [0.1, 0.15) is 5.82 Å². The minimum atomic E-state index is -0.175. The number of aromatic nitrogens is 1. The van der Waals surface area contributed by atoms with Gasteiger partial charge in [0.15, 0.2) is 0 Å². The second kappa shape index (κ2) is 8.65. The van der Waals surface area contributed by atoms with Crippen LogP contribution in [0.25, 0.3) is 0 Å². The van der Waals surface area contributed by atoms with Crippen LogP contribution in [0.4, 0.5) is 10.6 Å². The van der Waals surface area contributed by atoms with Crippen LogP contribution >= 0.6 is 11.3 Å². The van der Waals surface area contributed by atoms with Crippen molar-refractivity contribution in [3.63, 3.8) is 0 Å². The van der Waals surface area contributed by atoms with E-state index in [0.717, 1.165) is 11.4 Å². The summed E-state index contributed by atoms with van der Waals surface area (Å²) in [5.41, 5.74) is 2.20. The van der Waals surface area contributed by atoms with Crippen molar-refractivity contribution < 1.29 is 4.79 Å². The van der Waals surface area contributed by atoms with E-state index in [-0.39, 0.29) is 12.1 Å². The lowest BCUT2D eigenvalue weighted by molar-refractivity contribution is 0.232. The van der Waals surface area contributed by atoms with Crippen LogP contribution in [0.1, 0.15) is 17.2 Å². The number of pyridine rings is 1. The van der Waals surface area contributed by atoms with Crippen molar-refractivity contribution >= 4 is 23.2 Å². The molecule has 0 aliphatic carbocycles. The fraction of sp³-hybridized carbons (Fsp3) is 0.412. The Balaban J connectivity index is 1.87. The first-order valence-electron chi connectivity index (χ1n) is 7.80. The molecule has 24 heavy (non-hydrogen) atoms. The maximum absolute atomic E-state index is 12.1. The van der Waals surface area contributed by atoms with Crippen LogP contribution in [0.3, 0.4) is 0 Å². The number of amides is 2. The van der Waals surface area contributed by atoms with Crippen molar-refractivity contribution in [2.24, 2.45) is 0 Å². The maximum atomic E-state index is 12.1. The lowest BCUT2D eigenvalue weighted by Gasteiger charge is -2.24. The van der Waals surface area contributed by atoms with Gasteiger partial charge in [0.25, 0.3) is 0 Å². The van der Waals surface area contributed by atoms with Crippen molar-refractivity contribution in [3.05, 3.63) is 46.3 Å². The van der Waals surface area contributed by atoms with E-state index in [1.54, 1.807) is 17.5 Å². The molecule has 0 unspecified atom stereocenters. The number of carbonyl (C=O) groups is 1. The number of nitrogens with one attached hydrogen (secondary N) is 2. The Labute approximate surface area is 147 Å². The molecular formula is C17H25N5OS. The molecule has 0 radical (unpaired) electrons. The minimum absolute atomic E-state index is 0.165. The van der Waals surface area contributed by atoms with Crippen LogP contribution in [-0.2, 0) is 6.54 Å². The zero-order valence-corrected chi connectivity index (χ0v) is 15.4. The van der Waals surface area contributed by atoms with Crippen molar-refractivity contribution in [2.75, 3.05) is 39.6 Å². The van der Waals surface area contributed by atoms with E-state index in [0.29, 0.717) is 13.1 Å². The third-order valence-electron chi connectivity index (χ3n) is 3.74. The van der Waals surface area contributed by atoms with Crippen LogP contribution in [0.2, 0.25) is 0 Å². The smallest absolute Gasteiger partial charge is 0.315 e. The fourth-order valence-electron chi connectivity index (χ4n) is 2.46. The number of likely N-dealkylation sites (N-methyl/N-ethyl adjacent to an activating group) is 1. The quantitative estimate of drug-likeness (QED) is 0.807. The average Bonchev–Trinajstić information content (AvgIpc) is 3.07. The molecule has 0 aromatic carbocycles. The Hall–Kier alpha value is -2.12. The van der Waals surface area contributed by atoms with Gasteiger partial charge in [-0.2, -0.15) is 11.3 Å². The van der Waals surface area contributed by atoms with Gasteiger partial charge in [0, 0.05) is 38.9 Å². The SMILES string of the molecule is CN(C)c1ncccc1CNC(=O)NC[C@H](c1ccsc1)N(C)C. The molecule has 2 aromatic rings. The third kappa shape index (κ3) is 4.94. The van der Waals surface area contributed by atoms with Gasteiger partial charge >= 0.3 is 6.03 Å². The molecule has 7 heteroatoms. The summed E-state index contributed by atoms with van der Waals surface area (Å²) in [4.78, 5) is 20.5. The van der Waals surface area contributed by atoms with Gasteiger partial charge in [-0.15, -0.1) is 0 Å². The molecule has 1 atom stereocenters. The molecule has 6 nitrogen and oxygen atoms in total. The van der Waals surface area contributed by atoms with E-state index < -0.39 is 0 Å². The Kier molecular flexibility index (Phi) is 6.57. The van der Waals surface area contributed by atoms with E-state index in [1.165, 1.54) is 5.56 Å². The lowest BCUT2D eigenvalue weighted by atomic mass is 10.1. The summed E-state index contributed by atoms with van der Waals surface area (Å²) in [5, 5.41) is 10.0. The Bertz CT molecular complexity index is 642. The van der Waals surface area contributed by atoms with Crippen LogP contribution in [0.15, 0.2) is 35.2 Å². The molecule has 2 N–H and O–H groups in total. The van der Waals surface area contributed by atoms with Crippen LogP contribution in [0.5, 0.6) is 0 Å². The highest BCUT2D eigenvalue weighted by Crippen LogP contribution is 2.20. The molecule has 2 heterocycles. The molecule has 0 aliphatic heterocycles. The van der Waals surface area contributed by atoms with Gasteiger partial charge in [-0.1, -0.05) is 6.07 Å². The predicted molar refractivity (Wildman–Crippen MR) is 99.5 cm³/mol. The molecule has 2 amide bonds. The third-order valence-corrected chi connectivity index (χ3v) is 4.44. The summed E-state index contributed by atoms with van der Waals surface area (Å²) in [6.45, 7) is 1.00. The molecule has 130 valence electrons. The second-order valence-electron chi connectivity index (χ2n) is 5.98. The molecule has 2 rings (SSSR count). The highest BCUT2D eigenvalue weighted by atomic mass is 32.1. The van der Waals surface area contributed by atoms with E-state index in [4.69, 9.17) is 0 Å². The Morgan fingerprint density at radius 2 is 2.04 bits per heavy atom. The summed E-state index contributed by atoms with van der Waals surface area (Å²) >= 11 is 1.66. The Morgan fingerprint density at radius 1 is 1.25 bits per heavy atom. The summed E-state index contributed by atoms with van der Waals surface area (Å²) in [6.07, 6.45) is 1.75. The van der Waals surface area contributed by atoms with Crippen LogP contribution in [-0.4, -0.2) is 50.7 Å². The average molecular weight is 347 g/mol. The van der Waals surface area contributed by atoms with Crippen LogP contribution in [0, 0.1) is 0 Å². The molecular weight excluding hydrogens is 322 g/mol. The highest BCUT2D eigenvalue weighted by molar-refractivity contribution is 7.07. The lowest BCUT2D eigenvalue weighted by Crippen LogP contribution is -2.40. The first-order valence-corrected chi connectivity index (χ1v) is 8.74. The second-order valence-corrected chi connectivity index (χ2v) is 6.76. The number of thiophene rings is 1. The van der Waals surface area contributed by atoms with Gasteiger partial charge in [-0.25, -0.2) is 9.78 Å². The first-order chi connectivity index (χ1) is 11.5. The van der Waals surface area contributed by atoms with E-state index in [1.807, 2.05) is 45.2 Å². The number of anilines is 1. The monoisotopic (exact) mass is 347 g/mol. The van der Waals surface area contributed by atoms with E-state index >= 15 is 0 Å². The van der Waals surface area contributed by atoms with Crippen molar-refractivity contribution in [2.45, 2.75) is 12.6 Å². The zero-order valence-electron chi connectivity index (χ0n) is 14.6. The number of hydrogen-bond acceptors (Lipinski definition) is 5. The fourth-order valence-corrected chi connectivity index (χ4v) is 3.17. The van der Waals surface area contributed by atoms with Gasteiger partial charge in [-0.05, 0) is 42.6 Å². The molecule has 0 aliphatic rings.